The van der Waals surface area contributed by atoms with E-state index < -0.39 is 27.6 Å². The average Bonchev–Trinajstić information content (AvgIpc) is 2.97. The minimum absolute atomic E-state index is 0.0124. The van der Waals surface area contributed by atoms with Gasteiger partial charge in [-0.15, -0.1) is 11.3 Å². The first kappa shape index (κ1) is 17.5. The number of carbonyl (C=O) groups excluding carboxylic acids is 1. The first-order valence-electron chi connectivity index (χ1n) is 6.46. The fourth-order valence-electron chi connectivity index (χ4n) is 1.68. The molecule has 0 aliphatic rings. The molecule has 0 unspecified atom stereocenters. The Kier molecular flexibility index (Phi) is 5.12. The highest BCUT2D eigenvalue weighted by atomic mass is 32.2. The van der Waals surface area contributed by atoms with Gasteiger partial charge in [0.2, 0.25) is 0 Å². The molecular weight excluding hydrogens is 346 g/mol. The van der Waals surface area contributed by atoms with E-state index in [0.717, 1.165) is 27.8 Å². The molecule has 1 N–H and O–H groups in total. The van der Waals surface area contributed by atoms with Gasteiger partial charge in [-0.1, -0.05) is 0 Å². The van der Waals surface area contributed by atoms with E-state index in [9.17, 15) is 22.0 Å². The van der Waals surface area contributed by atoms with E-state index in [-0.39, 0.29) is 16.3 Å². The summed E-state index contributed by atoms with van der Waals surface area (Å²) in [6.45, 7) is 0.0887. The van der Waals surface area contributed by atoms with Crippen LogP contribution in [0.4, 0.5) is 8.78 Å². The molecule has 2 rings (SSSR count). The average molecular weight is 360 g/mol. The predicted molar refractivity (Wildman–Crippen MR) is 82.7 cm³/mol. The molecule has 0 radical (unpaired) electrons. The van der Waals surface area contributed by atoms with Crippen molar-refractivity contribution in [3.8, 4) is 0 Å². The first-order valence-corrected chi connectivity index (χ1v) is 8.72. The molecule has 0 aliphatic heterocycles. The molecular formula is C14H14F2N2O3S2. The third kappa shape index (κ3) is 3.92. The van der Waals surface area contributed by atoms with Crippen molar-refractivity contribution in [3.63, 3.8) is 0 Å². The van der Waals surface area contributed by atoms with Crippen molar-refractivity contribution in [3.05, 3.63) is 52.4 Å². The number of hydrogen-bond donors (Lipinski definition) is 1. The number of benzene rings is 1. The third-order valence-corrected chi connectivity index (χ3v) is 6.34. The van der Waals surface area contributed by atoms with Crippen molar-refractivity contribution < 1.29 is 22.0 Å². The van der Waals surface area contributed by atoms with Crippen LogP contribution in [0.3, 0.4) is 0 Å². The summed E-state index contributed by atoms with van der Waals surface area (Å²) in [5.41, 5.74) is -0.0124. The highest BCUT2D eigenvalue weighted by molar-refractivity contribution is 7.91. The molecule has 1 amide bonds. The summed E-state index contributed by atoms with van der Waals surface area (Å²) in [5.74, 6) is -2.71. The summed E-state index contributed by atoms with van der Waals surface area (Å²) < 4.78 is 51.1. The van der Waals surface area contributed by atoms with Crippen LogP contribution in [0.15, 0.2) is 34.5 Å². The Morgan fingerprint density at radius 2 is 1.87 bits per heavy atom. The topological polar surface area (TPSA) is 66.5 Å². The Hall–Kier alpha value is -1.84. The van der Waals surface area contributed by atoms with Crippen LogP contribution in [0.25, 0.3) is 0 Å². The Balaban J connectivity index is 2.05. The molecule has 1 aromatic carbocycles. The zero-order valence-corrected chi connectivity index (χ0v) is 14.0. The molecule has 2 aromatic rings. The van der Waals surface area contributed by atoms with Crippen molar-refractivity contribution >= 4 is 27.3 Å². The number of nitrogens with zero attached hydrogens (tertiary/aromatic N) is 1. The lowest BCUT2D eigenvalue weighted by molar-refractivity contribution is 0.0950. The zero-order chi connectivity index (χ0) is 17.2. The molecule has 0 fully saturated rings. The van der Waals surface area contributed by atoms with Crippen LogP contribution in [0.5, 0.6) is 0 Å². The Bertz CT molecular complexity index is 832. The van der Waals surface area contributed by atoms with Gasteiger partial charge in [-0.05, 0) is 30.3 Å². The predicted octanol–water partition coefficient (Wildman–Crippen LogP) is 2.21. The molecule has 0 saturated heterocycles. The van der Waals surface area contributed by atoms with Crippen LogP contribution >= 0.6 is 11.3 Å². The van der Waals surface area contributed by atoms with Crippen molar-refractivity contribution in [2.24, 2.45) is 0 Å². The number of hydrogen-bond acceptors (Lipinski definition) is 4. The molecule has 0 spiro atoms. The van der Waals surface area contributed by atoms with Crippen LogP contribution in [0.1, 0.15) is 15.2 Å². The Morgan fingerprint density at radius 1 is 1.17 bits per heavy atom. The SMILES string of the molecule is CN(C)S(=O)(=O)c1ccc(CNC(=O)c2ccc(F)c(F)c2)s1. The van der Waals surface area contributed by atoms with Crippen molar-refractivity contribution in [2.45, 2.75) is 10.8 Å². The van der Waals surface area contributed by atoms with Gasteiger partial charge in [-0.3, -0.25) is 4.79 Å². The number of halogens is 2. The van der Waals surface area contributed by atoms with E-state index >= 15 is 0 Å². The molecule has 1 aromatic heterocycles. The monoisotopic (exact) mass is 360 g/mol. The molecule has 5 nitrogen and oxygen atoms in total. The molecule has 0 aliphatic carbocycles. The second kappa shape index (κ2) is 6.73. The van der Waals surface area contributed by atoms with E-state index in [0.29, 0.717) is 4.88 Å². The minimum Gasteiger partial charge on any atom is -0.347 e. The molecule has 9 heteroatoms. The van der Waals surface area contributed by atoms with Gasteiger partial charge in [0, 0.05) is 24.5 Å². The van der Waals surface area contributed by atoms with Crippen LogP contribution in [-0.2, 0) is 16.6 Å². The number of thiophene rings is 1. The van der Waals surface area contributed by atoms with Gasteiger partial charge < -0.3 is 5.32 Å². The van der Waals surface area contributed by atoms with Crippen molar-refractivity contribution in [2.75, 3.05) is 14.1 Å². The minimum atomic E-state index is -3.51. The zero-order valence-electron chi connectivity index (χ0n) is 12.3. The standard InChI is InChI=1S/C14H14F2N2O3S2/c1-18(2)23(20,21)13-6-4-10(22-13)8-17-14(19)9-3-5-11(15)12(16)7-9/h3-7H,8H2,1-2H3,(H,17,19). The van der Waals surface area contributed by atoms with Gasteiger partial charge in [0.15, 0.2) is 11.6 Å². The fraction of sp³-hybridized carbons (Fsp3) is 0.214. The van der Waals surface area contributed by atoms with E-state index in [2.05, 4.69) is 5.32 Å². The lowest BCUT2D eigenvalue weighted by Gasteiger charge is -2.08. The second-order valence-corrected chi connectivity index (χ2v) is 8.37. The van der Waals surface area contributed by atoms with Crippen LogP contribution < -0.4 is 5.32 Å². The van der Waals surface area contributed by atoms with Gasteiger partial charge in [0.1, 0.15) is 4.21 Å². The quantitative estimate of drug-likeness (QED) is 0.889. The lowest BCUT2D eigenvalue weighted by atomic mass is 10.2. The second-order valence-electron chi connectivity index (χ2n) is 4.82. The molecule has 0 saturated carbocycles. The van der Waals surface area contributed by atoms with E-state index in [1.165, 1.54) is 26.2 Å². The highest BCUT2D eigenvalue weighted by Gasteiger charge is 2.19. The maximum atomic E-state index is 13.1. The summed E-state index contributed by atoms with van der Waals surface area (Å²) >= 11 is 1.03. The number of sulfonamides is 1. The van der Waals surface area contributed by atoms with Crippen LogP contribution in [-0.4, -0.2) is 32.7 Å². The Labute approximate surface area is 136 Å². The van der Waals surface area contributed by atoms with E-state index in [1.54, 1.807) is 6.07 Å². The van der Waals surface area contributed by atoms with E-state index in [1.807, 2.05) is 0 Å². The third-order valence-electron chi connectivity index (χ3n) is 2.98. The number of amides is 1. The summed E-state index contributed by atoms with van der Waals surface area (Å²) in [6.07, 6.45) is 0. The van der Waals surface area contributed by atoms with Gasteiger partial charge in [0.25, 0.3) is 15.9 Å². The van der Waals surface area contributed by atoms with E-state index in [4.69, 9.17) is 0 Å². The fourth-order valence-corrected chi connectivity index (χ4v) is 4.14. The molecule has 124 valence electrons. The molecule has 23 heavy (non-hydrogen) atoms. The maximum absolute atomic E-state index is 13.1. The van der Waals surface area contributed by atoms with Gasteiger partial charge in [-0.2, -0.15) is 0 Å². The van der Waals surface area contributed by atoms with Crippen molar-refractivity contribution in [1.29, 1.82) is 0 Å². The first-order chi connectivity index (χ1) is 10.7. The van der Waals surface area contributed by atoms with Gasteiger partial charge in [0.05, 0.1) is 6.54 Å². The largest absolute Gasteiger partial charge is 0.347 e. The van der Waals surface area contributed by atoms with Crippen LogP contribution in [0, 0.1) is 11.6 Å². The normalized spacial score (nSPS) is 11.7. The van der Waals surface area contributed by atoms with Gasteiger partial charge >= 0.3 is 0 Å². The maximum Gasteiger partial charge on any atom is 0.252 e. The highest BCUT2D eigenvalue weighted by Crippen LogP contribution is 2.23. The smallest absolute Gasteiger partial charge is 0.252 e. The molecule has 0 bridgehead atoms. The molecule has 0 atom stereocenters. The van der Waals surface area contributed by atoms with Crippen LogP contribution in [0.2, 0.25) is 0 Å². The summed E-state index contributed by atoms with van der Waals surface area (Å²) in [6, 6.07) is 5.90. The molecule has 1 heterocycles. The number of carbonyl (C=O) groups is 1. The Morgan fingerprint density at radius 3 is 2.48 bits per heavy atom. The number of nitrogens with one attached hydrogen (secondary N) is 1. The summed E-state index contributed by atoms with van der Waals surface area (Å²) in [7, 11) is -0.649. The summed E-state index contributed by atoms with van der Waals surface area (Å²) in [5, 5.41) is 2.53. The van der Waals surface area contributed by atoms with Gasteiger partial charge in [-0.25, -0.2) is 21.5 Å². The summed E-state index contributed by atoms with van der Waals surface area (Å²) in [4.78, 5) is 12.5. The number of rotatable bonds is 5. The lowest BCUT2D eigenvalue weighted by Crippen LogP contribution is -2.22. The van der Waals surface area contributed by atoms with Crippen molar-refractivity contribution in [1.82, 2.24) is 9.62 Å².